The predicted molar refractivity (Wildman–Crippen MR) is 108 cm³/mol. The van der Waals surface area contributed by atoms with E-state index in [4.69, 9.17) is 28.8 Å². The van der Waals surface area contributed by atoms with E-state index < -0.39 is 60.4 Å². The first-order chi connectivity index (χ1) is 15.5. The lowest BCUT2D eigenvalue weighted by Crippen LogP contribution is -2.67. The molecule has 2 rings (SSSR count). The van der Waals surface area contributed by atoms with Crippen LogP contribution in [0, 0.1) is 0 Å². The van der Waals surface area contributed by atoms with Crippen LogP contribution in [0.25, 0.3) is 0 Å². The maximum Gasteiger partial charge on any atom is 0.335 e. The molecular formula is C21H25NO11. The van der Waals surface area contributed by atoms with Gasteiger partial charge in [0.05, 0.1) is 5.56 Å². The molecule has 1 amide bonds. The van der Waals surface area contributed by atoms with Crippen LogP contribution < -0.4 is 10.1 Å². The topological polar surface area (TPSA) is 164 Å². The number of rotatable bonds is 8. The molecule has 1 aromatic rings. The highest BCUT2D eigenvalue weighted by Gasteiger charge is 2.51. The third-order valence-corrected chi connectivity index (χ3v) is 4.42. The molecule has 1 aliphatic rings. The zero-order valence-electron chi connectivity index (χ0n) is 18.4. The van der Waals surface area contributed by atoms with Crippen LogP contribution in [0.15, 0.2) is 24.3 Å². The highest BCUT2D eigenvalue weighted by Crippen LogP contribution is 2.29. The summed E-state index contributed by atoms with van der Waals surface area (Å²) in [7, 11) is 0. The van der Waals surface area contributed by atoms with Crippen molar-refractivity contribution in [3.63, 3.8) is 0 Å². The van der Waals surface area contributed by atoms with Gasteiger partial charge in [0.2, 0.25) is 12.2 Å². The van der Waals surface area contributed by atoms with Gasteiger partial charge in [-0.15, -0.1) is 0 Å². The molecule has 1 aliphatic heterocycles. The Bertz CT molecular complexity index is 898. The summed E-state index contributed by atoms with van der Waals surface area (Å²) < 4.78 is 27.3. The molecule has 2 N–H and O–H groups in total. The van der Waals surface area contributed by atoms with Crippen LogP contribution in [0.5, 0.6) is 5.75 Å². The number of carboxylic acids is 1. The van der Waals surface area contributed by atoms with E-state index >= 15 is 0 Å². The standard InChI is InChI=1S/C21H25NO11/c1-10(23)22-17-19(31-13(4)26)18(30-12(3)25)16(9-29-11(2)24)33-21(17)32-15-7-5-14(6-8-15)20(27)28/h5-8,16-19,21H,9H2,1-4H3,(H,22,23)(H,27,28)/t16-,17-,18-,19-,21-/m0/s1. The van der Waals surface area contributed by atoms with Gasteiger partial charge in [-0.1, -0.05) is 0 Å². The molecule has 0 bridgehead atoms. The van der Waals surface area contributed by atoms with E-state index in [2.05, 4.69) is 5.32 Å². The number of amides is 1. The van der Waals surface area contributed by atoms with Crippen LogP contribution in [0.1, 0.15) is 38.1 Å². The number of hydrogen-bond acceptors (Lipinski definition) is 10. The molecule has 1 heterocycles. The first-order valence-electron chi connectivity index (χ1n) is 9.88. The number of hydrogen-bond donors (Lipinski definition) is 2. The molecule has 0 saturated carbocycles. The van der Waals surface area contributed by atoms with Crippen molar-refractivity contribution in [3.05, 3.63) is 29.8 Å². The first-order valence-corrected chi connectivity index (χ1v) is 9.88. The number of carbonyl (C=O) groups excluding carboxylic acids is 4. The van der Waals surface area contributed by atoms with Crippen molar-refractivity contribution in [1.29, 1.82) is 0 Å². The van der Waals surface area contributed by atoms with Crippen LogP contribution in [0.4, 0.5) is 0 Å². The second kappa shape index (κ2) is 11.3. The fourth-order valence-corrected chi connectivity index (χ4v) is 3.20. The van der Waals surface area contributed by atoms with Gasteiger partial charge >= 0.3 is 23.9 Å². The molecule has 0 spiro atoms. The maximum atomic E-state index is 11.9. The second-order valence-corrected chi connectivity index (χ2v) is 7.17. The summed E-state index contributed by atoms with van der Waals surface area (Å²) in [5.74, 6) is -3.55. The number of aromatic carboxylic acids is 1. The summed E-state index contributed by atoms with van der Waals surface area (Å²) >= 11 is 0. The van der Waals surface area contributed by atoms with Gasteiger partial charge in [-0.05, 0) is 24.3 Å². The summed E-state index contributed by atoms with van der Waals surface area (Å²) in [6, 6.07) is 4.21. The largest absolute Gasteiger partial charge is 0.478 e. The van der Waals surface area contributed by atoms with Gasteiger partial charge in [-0.25, -0.2) is 4.79 Å². The summed E-state index contributed by atoms with van der Waals surface area (Å²) in [4.78, 5) is 57.8. The Balaban J connectivity index is 2.43. The van der Waals surface area contributed by atoms with E-state index in [1.54, 1.807) is 0 Å². The van der Waals surface area contributed by atoms with E-state index in [9.17, 15) is 24.0 Å². The van der Waals surface area contributed by atoms with Crippen LogP contribution in [-0.2, 0) is 38.1 Å². The molecule has 0 unspecified atom stereocenters. The van der Waals surface area contributed by atoms with Crippen molar-refractivity contribution in [3.8, 4) is 5.75 Å². The minimum atomic E-state index is -1.29. The van der Waals surface area contributed by atoms with Crippen molar-refractivity contribution in [1.82, 2.24) is 5.32 Å². The normalized spacial score (nSPS) is 24.2. The fourth-order valence-electron chi connectivity index (χ4n) is 3.20. The van der Waals surface area contributed by atoms with Gasteiger partial charge in [0.25, 0.3) is 0 Å². The van der Waals surface area contributed by atoms with E-state index in [0.717, 1.165) is 13.8 Å². The zero-order valence-corrected chi connectivity index (χ0v) is 18.4. The Morgan fingerprint density at radius 3 is 1.97 bits per heavy atom. The van der Waals surface area contributed by atoms with Gasteiger partial charge in [-0.3, -0.25) is 19.2 Å². The highest BCUT2D eigenvalue weighted by molar-refractivity contribution is 5.87. The molecule has 0 aliphatic carbocycles. The van der Waals surface area contributed by atoms with Crippen LogP contribution >= 0.6 is 0 Å². The molecule has 0 radical (unpaired) electrons. The Morgan fingerprint density at radius 1 is 0.909 bits per heavy atom. The van der Waals surface area contributed by atoms with Crippen LogP contribution in [0.2, 0.25) is 0 Å². The molecule has 0 aromatic heterocycles. The smallest absolute Gasteiger partial charge is 0.335 e. The molecule has 1 fully saturated rings. The molecule has 12 nitrogen and oxygen atoms in total. The number of carboxylic acid groups (broad SMARTS) is 1. The van der Waals surface area contributed by atoms with Crippen LogP contribution in [-0.4, -0.2) is 72.1 Å². The van der Waals surface area contributed by atoms with Crippen molar-refractivity contribution in [2.45, 2.75) is 58.3 Å². The Labute approximate surface area is 189 Å². The monoisotopic (exact) mass is 467 g/mol. The third-order valence-electron chi connectivity index (χ3n) is 4.42. The molecule has 33 heavy (non-hydrogen) atoms. The van der Waals surface area contributed by atoms with Gasteiger partial charge in [-0.2, -0.15) is 0 Å². The number of carbonyl (C=O) groups is 5. The minimum absolute atomic E-state index is 0.0192. The summed E-state index contributed by atoms with van der Waals surface area (Å²) in [6.45, 7) is 4.29. The summed E-state index contributed by atoms with van der Waals surface area (Å²) in [5, 5.41) is 11.6. The van der Waals surface area contributed by atoms with E-state index in [1.165, 1.54) is 38.1 Å². The summed E-state index contributed by atoms with van der Waals surface area (Å²) in [6.07, 6.45) is -4.90. The number of nitrogens with one attached hydrogen (secondary N) is 1. The number of benzene rings is 1. The highest BCUT2D eigenvalue weighted by atomic mass is 16.7. The van der Waals surface area contributed by atoms with Gasteiger partial charge in [0, 0.05) is 27.7 Å². The quantitative estimate of drug-likeness (QED) is 0.402. The predicted octanol–water partition coefficient (Wildman–Crippen LogP) is 0.420. The molecule has 1 aromatic carbocycles. The number of ether oxygens (including phenoxy) is 5. The zero-order chi connectivity index (χ0) is 24.7. The Morgan fingerprint density at radius 2 is 1.48 bits per heavy atom. The Hall–Kier alpha value is -3.67. The SMILES string of the molecule is CC(=O)N[C@@H]1[C@@H](Oc2ccc(C(=O)O)cc2)O[C@@H](COC(C)=O)[C@H](OC(C)=O)[C@H]1OC(C)=O. The third kappa shape index (κ3) is 7.45. The lowest BCUT2D eigenvalue weighted by molar-refractivity contribution is -0.257. The molecule has 12 heteroatoms. The average Bonchev–Trinajstić information content (AvgIpc) is 2.70. The molecule has 1 saturated heterocycles. The Kier molecular flexibility index (Phi) is 8.74. The van der Waals surface area contributed by atoms with Gasteiger partial charge in [0.1, 0.15) is 24.5 Å². The van der Waals surface area contributed by atoms with E-state index in [1.807, 2.05) is 0 Å². The molecular weight excluding hydrogens is 442 g/mol. The van der Waals surface area contributed by atoms with E-state index in [0.29, 0.717) is 0 Å². The van der Waals surface area contributed by atoms with E-state index in [-0.39, 0.29) is 17.9 Å². The first kappa shape index (κ1) is 25.6. The lowest BCUT2D eigenvalue weighted by atomic mass is 9.96. The van der Waals surface area contributed by atoms with Gasteiger partial charge in [0.15, 0.2) is 12.2 Å². The number of esters is 3. The molecule has 180 valence electrons. The maximum absolute atomic E-state index is 11.9. The molecule has 5 atom stereocenters. The van der Waals surface area contributed by atoms with Crippen molar-refractivity contribution in [2.75, 3.05) is 6.61 Å². The summed E-state index contributed by atoms with van der Waals surface area (Å²) in [5.41, 5.74) is 0.0192. The van der Waals surface area contributed by atoms with Crippen molar-refractivity contribution in [2.24, 2.45) is 0 Å². The van der Waals surface area contributed by atoms with Gasteiger partial charge < -0.3 is 34.1 Å². The van der Waals surface area contributed by atoms with Crippen LogP contribution in [0.3, 0.4) is 0 Å². The lowest BCUT2D eigenvalue weighted by Gasteiger charge is -2.44. The van der Waals surface area contributed by atoms with Crippen molar-refractivity contribution >= 4 is 29.8 Å². The fraction of sp³-hybridized carbons (Fsp3) is 0.476. The average molecular weight is 467 g/mol. The minimum Gasteiger partial charge on any atom is -0.478 e. The van der Waals surface area contributed by atoms with Crippen molar-refractivity contribution < 1.29 is 52.8 Å². The second-order valence-electron chi connectivity index (χ2n) is 7.17.